The number of carbonyl (C=O) groups is 2. The van der Waals surface area contributed by atoms with Crippen molar-refractivity contribution in [3.8, 4) is 0 Å². The lowest BCUT2D eigenvalue weighted by Gasteiger charge is -2.32. The Balaban J connectivity index is 1.68. The fourth-order valence-electron chi connectivity index (χ4n) is 4.02. The standard InChI is InChI=1S/C20H29N3O2/c24-19-17-11-8-12-18(17)23(14-7-2-1-6-13-21-19)20(25)22-15-16-9-4-3-5-10-16/h3-5,9-10,17-18H,1-2,6-8,11-15H2,(H,21,24)(H,22,25). The molecule has 3 rings (SSSR count). The Morgan fingerprint density at radius 2 is 1.88 bits per heavy atom. The third kappa shape index (κ3) is 4.74. The van der Waals surface area contributed by atoms with Gasteiger partial charge in [-0.1, -0.05) is 49.6 Å². The number of hydrogen-bond acceptors (Lipinski definition) is 2. The minimum absolute atomic E-state index is 0.0344. The number of amides is 3. The van der Waals surface area contributed by atoms with E-state index in [1.54, 1.807) is 0 Å². The fourth-order valence-corrected chi connectivity index (χ4v) is 4.02. The first-order chi connectivity index (χ1) is 12.3. The number of urea groups is 1. The molecule has 0 aromatic heterocycles. The van der Waals surface area contributed by atoms with Crippen molar-refractivity contribution < 1.29 is 9.59 Å². The molecular formula is C20H29N3O2. The largest absolute Gasteiger partial charge is 0.356 e. The molecule has 1 saturated heterocycles. The summed E-state index contributed by atoms with van der Waals surface area (Å²) in [6.45, 7) is 2.04. The van der Waals surface area contributed by atoms with Gasteiger partial charge in [-0.05, 0) is 31.2 Å². The topological polar surface area (TPSA) is 61.4 Å². The lowest BCUT2D eigenvalue weighted by molar-refractivity contribution is -0.126. The lowest BCUT2D eigenvalue weighted by atomic mass is 10.0. The van der Waals surface area contributed by atoms with Gasteiger partial charge in [-0.3, -0.25) is 4.79 Å². The highest BCUT2D eigenvalue weighted by Crippen LogP contribution is 2.31. The zero-order valence-electron chi connectivity index (χ0n) is 14.9. The molecule has 0 radical (unpaired) electrons. The van der Waals surface area contributed by atoms with Gasteiger partial charge in [0.1, 0.15) is 0 Å². The summed E-state index contributed by atoms with van der Waals surface area (Å²) in [5.74, 6) is 0.0748. The van der Waals surface area contributed by atoms with Crippen LogP contribution in [0, 0.1) is 5.92 Å². The Hall–Kier alpha value is -2.04. The first-order valence-corrected chi connectivity index (χ1v) is 9.62. The van der Waals surface area contributed by atoms with E-state index in [-0.39, 0.29) is 23.9 Å². The van der Waals surface area contributed by atoms with E-state index in [2.05, 4.69) is 10.6 Å². The van der Waals surface area contributed by atoms with Gasteiger partial charge in [0.25, 0.3) is 0 Å². The monoisotopic (exact) mass is 343 g/mol. The maximum atomic E-state index is 12.9. The lowest BCUT2D eigenvalue weighted by Crippen LogP contribution is -2.50. The van der Waals surface area contributed by atoms with Crippen LogP contribution in [0.2, 0.25) is 0 Å². The predicted octanol–water partition coefficient (Wildman–Crippen LogP) is 3.06. The van der Waals surface area contributed by atoms with Gasteiger partial charge in [0.15, 0.2) is 0 Å². The van der Waals surface area contributed by atoms with Crippen molar-refractivity contribution in [2.75, 3.05) is 13.1 Å². The minimum atomic E-state index is -0.0550. The zero-order valence-corrected chi connectivity index (χ0v) is 14.9. The molecule has 3 amide bonds. The van der Waals surface area contributed by atoms with Gasteiger partial charge in [0.05, 0.1) is 5.92 Å². The van der Waals surface area contributed by atoms with Crippen molar-refractivity contribution >= 4 is 11.9 Å². The number of benzene rings is 1. The van der Waals surface area contributed by atoms with E-state index < -0.39 is 0 Å². The molecule has 2 N–H and O–H groups in total. The quantitative estimate of drug-likeness (QED) is 0.867. The molecule has 2 unspecified atom stereocenters. The third-order valence-electron chi connectivity index (χ3n) is 5.39. The Morgan fingerprint density at radius 3 is 2.72 bits per heavy atom. The second-order valence-electron chi connectivity index (χ2n) is 7.15. The first-order valence-electron chi connectivity index (χ1n) is 9.62. The van der Waals surface area contributed by atoms with Crippen LogP contribution >= 0.6 is 0 Å². The number of nitrogens with zero attached hydrogens (tertiary/aromatic N) is 1. The maximum Gasteiger partial charge on any atom is 0.317 e. The summed E-state index contributed by atoms with van der Waals surface area (Å²) in [7, 11) is 0. The minimum Gasteiger partial charge on any atom is -0.356 e. The molecule has 1 aliphatic carbocycles. The van der Waals surface area contributed by atoms with Crippen molar-refractivity contribution in [2.24, 2.45) is 5.92 Å². The van der Waals surface area contributed by atoms with Gasteiger partial charge in [0, 0.05) is 25.7 Å². The zero-order chi connectivity index (χ0) is 17.5. The first kappa shape index (κ1) is 17.8. The SMILES string of the molecule is O=C1NCCCCCCN(C(=O)NCc2ccccc2)C2CCCC12. The van der Waals surface area contributed by atoms with E-state index in [9.17, 15) is 9.59 Å². The van der Waals surface area contributed by atoms with Crippen LogP contribution in [0.25, 0.3) is 0 Å². The average molecular weight is 343 g/mol. The van der Waals surface area contributed by atoms with Gasteiger partial charge >= 0.3 is 6.03 Å². The molecule has 25 heavy (non-hydrogen) atoms. The summed E-state index contributed by atoms with van der Waals surface area (Å²) in [5, 5.41) is 6.12. The van der Waals surface area contributed by atoms with Crippen LogP contribution in [0.3, 0.4) is 0 Å². The molecule has 1 aromatic carbocycles. The van der Waals surface area contributed by atoms with Crippen LogP contribution in [0.5, 0.6) is 0 Å². The summed E-state index contributed by atoms with van der Waals surface area (Å²) in [6, 6.07) is 9.96. The van der Waals surface area contributed by atoms with Gasteiger partial charge in [-0.15, -0.1) is 0 Å². The van der Waals surface area contributed by atoms with Crippen LogP contribution in [-0.4, -0.2) is 36.0 Å². The molecule has 2 atom stereocenters. The van der Waals surface area contributed by atoms with E-state index in [0.717, 1.165) is 63.6 Å². The summed E-state index contributed by atoms with van der Waals surface area (Å²) in [5.41, 5.74) is 1.09. The Bertz CT molecular complexity index is 576. The highest BCUT2D eigenvalue weighted by molar-refractivity contribution is 5.81. The van der Waals surface area contributed by atoms with Crippen molar-refractivity contribution in [3.63, 3.8) is 0 Å². The molecule has 5 heteroatoms. The molecule has 1 saturated carbocycles. The molecule has 5 nitrogen and oxygen atoms in total. The number of hydrogen-bond donors (Lipinski definition) is 2. The van der Waals surface area contributed by atoms with E-state index >= 15 is 0 Å². The molecule has 0 bridgehead atoms. The molecule has 1 heterocycles. The van der Waals surface area contributed by atoms with E-state index in [0.29, 0.717) is 6.54 Å². The Labute approximate surface area is 150 Å². The normalized spacial score (nSPS) is 24.8. The van der Waals surface area contributed by atoms with E-state index in [4.69, 9.17) is 0 Å². The van der Waals surface area contributed by atoms with Gasteiger partial charge in [0.2, 0.25) is 5.91 Å². The summed E-state index contributed by atoms with van der Waals surface area (Å²) in [6.07, 6.45) is 7.09. The van der Waals surface area contributed by atoms with E-state index in [1.165, 1.54) is 0 Å². The fraction of sp³-hybridized carbons (Fsp3) is 0.600. The van der Waals surface area contributed by atoms with E-state index in [1.807, 2.05) is 35.2 Å². The van der Waals surface area contributed by atoms with Crippen LogP contribution in [0.1, 0.15) is 50.5 Å². The average Bonchev–Trinajstić information content (AvgIpc) is 3.11. The molecule has 1 aromatic rings. The molecule has 2 aliphatic rings. The third-order valence-corrected chi connectivity index (χ3v) is 5.39. The van der Waals surface area contributed by atoms with Crippen LogP contribution < -0.4 is 10.6 Å². The Morgan fingerprint density at radius 1 is 1.08 bits per heavy atom. The molecule has 136 valence electrons. The number of fused-ring (bicyclic) bond motifs is 1. The molecule has 2 fully saturated rings. The second-order valence-corrected chi connectivity index (χ2v) is 7.15. The Kier molecular flexibility index (Phi) is 6.31. The number of carbonyl (C=O) groups excluding carboxylic acids is 2. The maximum absolute atomic E-state index is 12.9. The van der Waals surface area contributed by atoms with Crippen LogP contribution in [0.4, 0.5) is 4.79 Å². The summed E-state index contributed by atoms with van der Waals surface area (Å²) in [4.78, 5) is 27.3. The summed E-state index contributed by atoms with van der Waals surface area (Å²) < 4.78 is 0. The molecule has 0 spiro atoms. The van der Waals surface area contributed by atoms with Crippen LogP contribution in [0.15, 0.2) is 30.3 Å². The van der Waals surface area contributed by atoms with Crippen LogP contribution in [-0.2, 0) is 11.3 Å². The van der Waals surface area contributed by atoms with Gasteiger partial charge < -0.3 is 15.5 Å². The predicted molar refractivity (Wildman–Crippen MR) is 98.0 cm³/mol. The van der Waals surface area contributed by atoms with Crippen molar-refractivity contribution in [1.29, 1.82) is 0 Å². The van der Waals surface area contributed by atoms with Crippen molar-refractivity contribution in [1.82, 2.24) is 15.5 Å². The van der Waals surface area contributed by atoms with Gasteiger partial charge in [-0.2, -0.15) is 0 Å². The molecular weight excluding hydrogens is 314 g/mol. The summed E-state index contributed by atoms with van der Waals surface area (Å²) >= 11 is 0. The molecule has 1 aliphatic heterocycles. The van der Waals surface area contributed by atoms with Gasteiger partial charge in [-0.25, -0.2) is 4.79 Å². The number of nitrogens with one attached hydrogen (secondary N) is 2. The highest BCUT2D eigenvalue weighted by atomic mass is 16.2. The second kappa shape index (κ2) is 8.88. The van der Waals surface area contributed by atoms with Crippen molar-refractivity contribution in [2.45, 2.75) is 57.5 Å². The highest BCUT2D eigenvalue weighted by Gasteiger charge is 2.38. The van der Waals surface area contributed by atoms with Crippen molar-refractivity contribution in [3.05, 3.63) is 35.9 Å². The smallest absolute Gasteiger partial charge is 0.317 e. The number of rotatable bonds is 2.